The standard InChI is InChI=1S/C14H19N3O3S/c1-17(12-6-7-21(19,20)9-12)14(18)13-5-4-11(8-15-13)16-10-2-3-10/h4-5,8,10,12,16H,2-3,6-7,9H2,1H3. The molecule has 1 aromatic rings. The lowest BCUT2D eigenvalue weighted by atomic mass is 10.2. The molecule has 21 heavy (non-hydrogen) atoms. The van der Waals surface area contributed by atoms with E-state index in [1.807, 2.05) is 6.07 Å². The summed E-state index contributed by atoms with van der Waals surface area (Å²) in [5.41, 5.74) is 1.27. The van der Waals surface area contributed by atoms with E-state index in [1.165, 1.54) is 17.7 Å². The number of anilines is 1. The van der Waals surface area contributed by atoms with E-state index in [9.17, 15) is 13.2 Å². The second kappa shape index (κ2) is 5.29. The molecule has 2 heterocycles. The molecule has 1 unspecified atom stereocenters. The summed E-state index contributed by atoms with van der Waals surface area (Å²) < 4.78 is 23.0. The summed E-state index contributed by atoms with van der Waals surface area (Å²) in [6.07, 6.45) is 4.52. The summed E-state index contributed by atoms with van der Waals surface area (Å²) in [5.74, 6) is -0.0150. The third-order valence-electron chi connectivity index (χ3n) is 4.01. The molecule has 3 rings (SSSR count). The fraction of sp³-hybridized carbons (Fsp3) is 0.571. The Balaban J connectivity index is 1.66. The van der Waals surface area contributed by atoms with Crippen molar-refractivity contribution in [3.63, 3.8) is 0 Å². The van der Waals surface area contributed by atoms with Crippen LogP contribution in [0.1, 0.15) is 29.8 Å². The van der Waals surface area contributed by atoms with Crippen LogP contribution >= 0.6 is 0 Å². The molecule has 0 radical (unpaired) electrons. The van der Waals surface area contributed by atoms with Crippen molar-refractivity contribution < 1.29 is 13.2 Å². The van der Waals surface area contributed by atoms with E-state index in [0.29, 0.717) is 18.2 Å². The summed E-state index contributed by atoms with van der Waals surface area (Å²) in [6.45, 7) is 0. The van der Waals surface area contributed by atoms with Crippen LogP contribution in [0.5, 0.6) is 0 Å². The van der Waals surface area contributed by atoms with Crippen LogP contribution in [-0.4, -0.2) is 54.8 Å². The van der Waals surface area contributed by atoms with Gasteiger partial charge in [-0.1, -0.05) is 0 Å². The van der Waals surface area contributed by atoms with Gasteiger partial charge < -0.3 is 10.2 Å². The Morgan fingerprint density at radius 3 is 2.62 bits per heavy atom. The van der Waals surface area contributed by atoms with Gasteiger partial charge in [0, 0.05) is 19.1 Å². The normalized spacial score (nSPS) is 23.8. The lowest BCUT2D eigenvalue weighted by Crippen LogP contribution is -2.38. The Hall–Kier alpha value is -1.63. The number of pyridine rings is 1. The van der Waals surface area contributed by atoms with Gasteiger partial charge in [0.05, 0.1) is 23.4 Å². The molecule has 2 fully saturated rings. The smallest absolute Gasteiger partial charge is 0.272 e. The first kappa shape index (κ1) is 14.3. The second-order valence-corrected chi connectivity index (χ2v) is 8.05. The molecule has 1 saturated carbocycles. The molecule has 1 aliphatic heterocycles. The predicted molar refractivity (Wildman–Crippen MR) is 80.0 cm³/mol. The van der Waals surface area contributed by atoms with E-state index in [-0.39, 0.29) is 23.5 Å². The largest absolute Gasteiger partial charge is 0.381 e. The van der Waals surface area contributed by atoms with E-state index in [4.69, 9.17) is 0 Å². The molecule has 2 aliphatic rings. The van der Waals surface area contributed by atoms with Gasteiger partial charge in [0.25, 0.3) is 5.91 Å². The summed E-state index contributed by atoms with van der Waals surface area (Å²) in [4.78, 5) is 18.0. The average Bonchev–Trinajstić information content (AvgIpc) is 3.19. The molecule has 0 bridgehead atoms. The highest BCUT2D eigenvalue weighted by atomic mass is 32.2. The number of carbonyl (C=O) groups excluding carboxylic acids is 1. The zero-order chi connectivity index (χ0) is 15.0. The summed E-state index contributed by atoms with van der Waals surface area (Å²) in [6, 6.07) is 3.83. The van der Waals surface area contributed by atoms with Gasteiger partial charge in [-0.3, -0.25) is 4.79 Å². The van der Waals surface area contributed by atoms with E-state index in [1.54, 1.807) is 19.3 Å². The highest BCUT2D eigenvalue weighted by Crippen LogP contribution is 2.24. The maximum Gasteiger partial charge on any atom is 0.272 e. The van der Waals surface area contributed by atoms with Crippen LogP contribution in [0.4, 0.5) is 5.69 Å². The number of hydrogen-bond acceptors (Lipinski definition) is 5. The van der Waals surface area contributed by atoms with E-state index in [2.05, 4.69) is 10.3 Å². The number of amides is 1. The molecule has 6 nitrogen and oxygen atoms in total. The van der Waals surface area contributed by atoms with Crippen molar-refractivity contribution in [3.8, 4) is 0 Å². The zero-order valence-electron chi connectivity index (χ0n) is 11.9. The van der Waals surface area contributed by atoms with Crippen molar-refractivity contribution in [2.45, 2.75) is 31.3 Å². The lowest BCUT2D eigenvalue weighted by Gasteiger charge is -2.23. The maximum absolute atomic E-state index is 12.3. The fourth-order valence-corrected chi connectivity index (χ4v) is 4.27. The number of nitrogens with one attached hydrogen (secondary N) is 1. The first-order valence-electron chi connectivity index (χ1n) is 7.15. The molecule has 1 aromatic heterocycles. The fourth-order valence-electron chi connectivity index (χ4n) is 2.50. The zero-order valence-corrected chi connectivity index (χ0v) is 12.8. The Morgan fingerprint density at radius 2 is 2.10 bits per heavy atom. The minimum Gasteiger partial charge on any atom is -0.381 e. The Labute approximate surface area is 124 Å². The molecular weight excluding hydrogens is 290 g/mol. The summed E-state index contributed by atoms with van der Waals surface area (Å²) in [5, 5.41) is 3.31. The second-order valence-electron chi connectivity index (χ2n) is 5.82. The van der Waals surface area contributed by atoms with Crippen molar-refractivity contribution in [2.24, 2.45) is 0 Å². The van der Waals surface area contributed by atoms with Crippen molar-refractivity contribution in [3.05, 3.63) is 24.0 Å². The Kier molecular flexibility index (Phi) is 3.61. The van der Waals surface area contributed by atoms with Gasteiger partial charge in [-0.25, -0.2) is 13.4 Å². The highest BCUT2D eigenvalue weighted by molar-refractivity contribution is 7.91. The topological polar surface area (TPSA) is 79.4 Å². The highest BCUT2D eigenvalue weighted by Gasteiger charge is 2.33. The quantitative estimate of drug-likeness (QED) is 0.894. The molecule has 0 aromatic carbocycles. The average molecular weight is 309 g/mol. The number of rotatable bonds is 4. The molecule has 114 valence electrons. The number of nitrogens with zero attached hydrogens (tertiary/aromatic N) is 2. The van der Waals surface area contributed by atoms with Gasteiger partial charge in [-0.05, 0) is 31.4 Å². The van der Waals surface area contributed by atoms with Crippen LogP contribution in [0.3, 0.4) is 0 Å². The molecule has 1 amide bonds. The summed E-state index contributed by atoms with van der Waals surface area (Å²) >= 11 is 0. The summed E-state index contributed by atoms with van der Waals surface area (Å²) in [7, 11) is -1.35. The molecule has 1 aliphatic carbocycles. The Bertz CT molecular complexity index is 638. The van der Waals surface area contributed by atoms with E-state index >= 15 is 0 Å². The minimum atomic E-state index is -2.99. The van der Waals surface area contributed by atoms with Crippen LogP contribution in [0.2, 0.25) is 0 Å². The molecule has 7 heteroatoms. The van der Waals surface area contributed by atoms with Crippen molar-refractivity contribution in [1.82, 2.24) is 9.88 Å². The van der Waals surface area contributed by atoms with Crippen molar-refractivity contribution in [1.29, 1.82) is 0 Å². The van der Waals surface area contributed by atoms with Gasteiger partial charge >= 0.3 is 0 Å². The van der Waals surface area contributed by atoms with Crippen molar-refractivity contribution >= 4 is 21.4 Å². The maximum atomic E-state index is 12.3. The number of carbonyl (C=O) groups is 1. The van der Waals surface area contributed by atoms with E-state index in [0.717, 1.165) is 5.69 Å². The van der Waals surface area contributed by atoms with Crippen LogP contribution in [0.25, 0.3) is 0 Å². The third-order valence-corrected chi connectivity index (χ3v) is 5.76. The van der Waals surface area contributed by atoms with Crippen LogP contribution < -0.4 is 5.32 Å². The first-order valence-corrected chi connectivity index (χ1v) is 8.97. The molecule has 0 spiro atoms. The van der Waals surface area contributed by atoms with Crippen molar-refractivity contribution in [2.75, 3.05) is 23.9 Å². The van der Waals surface area contributed by atoms with Crippen LogP contribution in [-0.2, 0) is 9.84 Å². The van der Waals surface area contributed by atoms with Gasteiger partial charge in [-0.15, -0.1) is 0 Å². The van der Waals surface area contributed by atoms with Gasteiger partial charge in [0.2, 0.25) is 0 Å². The number of sulfone groups is 1. The van der Waals surface area contributed by atoms with Gasteiger partial charge in [0.15, 0.2) is 9.84 Å². The van der Waals surface area contributed by atoms with Gasteiger partial charge in [-0.2, -0.15) is 0 Å². The SMILES string of the molecule is CN(C(=O)c1ccc(NC2CC2)cn1)C1CCS(=O)(=O)C1. The molecular formula is C14H19N3O3S. The van der Waals surface area contributed by atoms with Crippen LogP contribution in [0, 0.1) is 0 Å². The van der Waals surface area contributed by atoms with E-state index < -0.39 is 9.84 Å². The number of aromatic nitrogens is 1. The minimum absolute atomic E-state index is 0.0521. The molecule has 1 N–H and O–H groups in total. The lowest BCUT2D eigenvalue weighted by molar-refractivity contribution is 0.0742. The molecule has 1 saturated heterocycles. The first-order chi connectivity index (χ1) is 9.94. The third kappa shape index (κ3) is 3.34. The van der Waals surface area contributed by atoms with Crippen LogP contribution in [0.15, 0.2) is 18.3 Å². The van der Waals surface area contributed by atoms with Gasteiger partial charge in [0.1, 0.15) is 5.69 Å². The molecule has 1 atom stereocenters. The number of hydrogen-bond donors (Lipinski definition) is 1. The Morgan fingerprint density at radius 1 is 1.33 bits per heavy atom. The predicted octanol–water partition coefficient (Wildman–Crippen LogP) is 0.915. The monoisotopic (exact) mass is 309 g/mol.